The molecule has 76 valence electrons. The zero-order valence-corrected chi connectivity index (χ0v) is 9.76. The second-order valence-electron chi connectivity index (χ2n) is 3.23. The van der Waals surface area contributed by atoms with Gasteiger partial charge in [-0.3, -0.25) is 0 Å². The fourth-order valence-corrected chi connectivity index (χ4v) is 2.46. The summed E-state index contributed by atoms with van der Waals surface area (Å²) in [6, 6.07) is 18.4. The van der Waals surface area contributed by atoms with Crippen molar-refractivity contribution >= 4 is 23.4 Å². The number of rotatable bonds is 3. The van der Waals surface area contributed by atoms with Crippen molar-refractivity contribution in [1.82, 2.24) is 0 Å². The fourth-order valence-electron chi connectivity index (χ4n) is 1.30. The van der Waals surface area contributed by atoms with Gasteiger partial charge in [-0.05, 0) is 23.8 Å². The molecular formula is C13H11ClS. The van der Waals surface area contributed by atoms with Crippen LogP contribution in [-0.2, 0) is 5.75 Å². The highest BCUT2D eigenvalue weighted by Crippen LogP contribution is 2.24. The van der Waals surface area contributed by atoms with Gasteiger partial charge in [0, 0.05) is 15.7 Å². The van der Waals surface area contributed by atoms with Gasteiger partial charge in [-0.1, -0.05) is 48.0 Å². The van der Waals surface area contributed by atoms with E-state index in [1.54, 1.807) is 11.8 Å². The molecule has 0 saturated carbocycles. The predicted molar refractivity (Wildman–Crippen MR) is 67.5 cm³/mol. The van der Waals surface area contributed by atoms with Crippen LogP contribution < -0.4 is 0 Å². The van der Waals surface area contributed by atoms with Crippen molar-refractivity contribution in [1.29, 1.82) is 0 Å². The summed E-state index contributed by atoms with van der Waals surface area (Å²) in [7, 11) is 0. The standard InChI is InChI=1S/C13H11ClS/c14-12-7-4-8-13(9-12)15-10-11-5-2-1-3-6-11/h1-9H,10H2. The number of thioether (sulfide) groups is 1. The first-order chi connectivity index (χ1) is 7.34. The summed E-state index contributed by atoms with van der Waals surface area (Å²) in [4.78, 5) is 1.21. The summed E-state index contributed by atoms with van der Waals surface area (Å²) in [6.07, 6.45) is 0. The van der Waals surface area contributed by atoms with Crippen LogP contribution in [-0.4, -0.2) is 0 Å². The molecule has 0 bridgehead atoms. The molecule has 2 aromatic rings. The molecule has 0 aromatic heterocycles. The second kappa shape index (κ2) is 5.24. The Kier molecular flexibility index (Phi) is 3.70. The van der Waals surface area contributed by atoms with Crippen molar-refractivity contribution in [3.8, 4) is 0 Å². The molecule has 0 unspecified atom stereocenters. The molecule has 0 nitrogen and oxygen atoms in total. The van der Waals surface area contributed by atoms with E-state index in [-0.39, 0.29) is 0 Å². The minimum absolute atomic E-state index is 0.799. The lowest BCUT2D eigenvalue weighted by molar-refractivity contribution is 1.38. The van der Waals surface area contributed by atoms with Gasteiger partial charge in [-0.2, -0.15) is 0 Å². The summed E-state index contributed by atoms with van der Waals surface area (Å²) in [6.45, 7) is 0. The predicted octanol–water partition coefficient (Wildman–Crippen LogP) is 4.63. The highest BCUT2D eigenvalue weighted by Gasteiger charge is 1.96. The van der Waals surface area contributed by atoms with Gasteiger partial charge >= 0.3 is 0 Å². The fraction of sp³-hybridized carbons (Fsp3) is 0.0769. The first kappa shape index (κ1) is 10.6. The van der Waals surface area contributed by atoms with E-state index in [1.165, 1.54) is 10.5 Å². The Morgan fingerprint density at radius 1 is 0.933 bits per heavy atom. The zero-order valence-electron chi connectivity index (χ0n) is 8.19. The Labute approximate surface area is 99.3 Å². The quantitative estimate of drug-likeness (QED) is 0.698. The largest absolute Gasteiger partial charge is 0.121 e. The molecule has 0 heterocycles. The molecule has 0 aliphatic heterocycles. The van der Waals surface area contributed by atoms with Crippen molar-refractivity contribution in [2.45, 2.75) is 10.6 Å². The highest BCUT2D eigenvalue weighted by atomic mass is 35.5. The second-order valence-corrected chi connectivity index (χ2v) is 4.72. The molecule has 0 spiro atoms. The molecule has 0 aliphatic carbocycles. The van der Waals surface area contributed by atoms with Crippen molar-refractivity contribution < 1.29 is 0 Å². The van der Waals surface area contributed by atoms with E-state index in [9.17, 15) is 0 Å². The monoisotopic (exact) mass is 234 g/mol. The van der Waals surface area contributed by atoms with Crippen molar-refractivity contribution in [3.63, 3.8) is 0 Å². The summed E-state index contributed by atoms with van der Waals surface area (Å²) < 4.78 is 0. The minimum Gasteiger partial charge on any atom is -0.121 e. The molecule has 0 radical (unpaired) electrons. The minimum atomic E-state index is 0.799. The van der Waals surface area contributed by atoms with Crippen LogP contribution in [0, 0.1) is 0 Å². The van der Waals surface area contributed by atoms with E-state index in [0.29, 0.717) is 0 Å². The summed E-state index contributed by atoms with van der Waals surface area (Å²) >= 11 is 7.72. The van der Waals surface area contributed by atoms with E-state index in [0.717, 1.165) is 10.8 Å². The third kappa shape index (κ3) is 3.29. The van der Waals surface area contributed by atoms with Gasteiger partial charge in [-0.25, -0.2) is 0 Å². The Bertz CT molecular complexity index is 426. The molecule has 2 rings (SSSR count). The Hall–Kier alpha value is -0.920. The molecule has 0 saturated heterocycles. The van der Waals surface area contributed by atoms with Crippen LogP contribution in [0.1, 0.15) is 5.56 Å². The zero-order chi connectivity index (χ0) is 10.5. The number of benzene rings is 2. The highest BCUT2D eigenvalue weighted by molar-refractivity contribution is 7.98. The normalized spacial score (nSPS) is 10.2. The smallest absolute Gasteiger partial charge is 0.0417 e. The SMILES string of the molecule is Clc1cccc(SCc2ccccc2)c1. The Morgan fingerprint density at radius 2 is 1.73 bits per heavy atom. The third-order valence-electron chi connectivity index (χ3n) is 2.04. The van der Waals surface area contributed by atoms with Crippen molar-refractivity contribution in [2.24, 2.45) is 0 Å². The van der Waals surface area contributed by atoms with Gasteiger partial charge in [-0.15, -0.1) is 11.8 Å². The number of halogens is 1. The number of hydrogen-bond donors (Lipinski definition) is 0. The molecule has 0 amide bonds. The van der Waals surface area contributed by atoms with E-state index >= 15 is 0 Å². The molecule has 0 aliphatic rings. The average Bonchev–Trinajstić information content (AvgIpc) is 2.28. The lowest BCUT2D eigenvalue weighted by Crippen LogP contribution is -1.78. The van der Waals surface area contributed by atoms with Crippen molar-refractivity contribution in [3.05, 3.63) is 65.2 Å². The molecule has 0 N–H and O–H groups in total. The average molecular weight is 235 g/mol. The van der Waals surface area contributed by atoms with E-state index in [1.807, 2.05) is 24.3 Å². The molecule has 0 fully saturated rings. The Balaban J connectivity index is 1.99. The van der Waals surface area contributed by atoms with E-state index in [4.69, 9.17) is 11.6 Å². The van der Waals surface area contributed by atoms with Gasteiger partial charge in [0.1, 0.15) is 0 Å². The maximum atomic E-state index is 5.91. The molecule has 2 heteroatoms. The van der Waals surface area contributed by atoms with Gasteiger partial charge in [0.15, 0.2) is 0 Å². The van der Waals surface area contributed by atoms with Crippen LogP contribution in [0.5, 0.6) is 0 Å². The van der Waals surface area contributed by atoms with Crippen LogP contribution >= 0.6 is 23.4 Å². The van der Waals surface area contributed by atoms with Crippen LogP contribution in [0.4, 0.5) is 0 Å². The first-order valence-corrected chi connectivity index (χ1v) is 6.13. The van der Waals surface area contributed by atoms with Crippen LogP contribution in [0.15, 0.2) is 59.5 Å². The third-order valence-corrected chi connectivity index (χ3v) is 3.34. The van der Waals surface area contributed by atoms with E-state index < -0.39 is 0 Å². The van der Waals surface area contributed by atoms with Gasteiger partial charge < -0.3 is 0 Å². The molecule has 2 aromatic carbocycles. The molecule has 0 atom stereocenters. The lowest BCUT2D eigenvalue weighted by atomic mass is 10.2. The molecular weight excluding hydrogens is 224 g/mol. The van der Waals surface area contributed by atoms with Gasteiger partial charge in [0.05, 0.1) is 0 Å². The van der Waals surface area contributed by atoms with Crippen LogP contribution in [0.25, 0.3) is 0 Å². The van der Waals surface area contributed by atoms with Gasteiger partial charge in [0.25, 0.3) is 0 Å². The maximum Gasteiger partial charge on any atom is 0.0417 e. The summed E-state index contributed by atoms with van der Waals surface area (Å²) in [5.74, 6) is 0.987. The van der Waals surface area contributed by atoms with Crippen LogP contribution in [0.2, 0.25) is 5.02 Å². The topological polar surface area (TPSA) is 0 Å². The van der Waals surface area contributed by atoms with Crippen molar-refractivity contribution in [2.75, 3.05) is 0 Å². The molecule has 15 heavy (non-hydrogen) atoms. The summed E-state index contributed by atoms with van der Waals surface area (Å²) in [5.41, 5.74) is 1.34. The lowest BCUT2D eigenvalue weighted by Gasteiger charge is -2.01. The Morgan fingerprint density at radius 3 is 2.47 bits per heavy atom. The summed E-state index contributed by atoms with van der Waals surface area (Å²) in [5, 5.41) is 0.799. The first-order valence-electron chi connectivity index (χ1n) is 4.77. The van der Waals surface area contributed by atoms with Crippen LogP contribution in [0.3, 0.4) is 0 Å². The maximum absolute atomic E-state index is 5.91. The van der Waals surface area contributed by atoms with Gasteiger partial charge in [0.2, 0.25) is 0 Å². The van der Waals surface area contributed by atoms with E-state index in [2.05, 4.69) is 30.3 Å². The number of hydrogen-bond acceptors (Lipinski definition) is 1.